The monoisotopic (exact) mass is 381 g/mol. The first kappa shape index (κ1) is 20.0. The second kappa shape index (κ2) is 9.95. The lowest BCUT2D eigenvalue weighted by atomic mass is 10.1. The van der Waals surface area contributed by atoms with Gasteiger partial charge in [-0.2, -0.15) is 0 Å². The smallest absolute Gasteiger partial charge is 0.244 e. The van der Waals surface area contributed by atoms with Crippen LogP contribution in [0.2, 0.25) is 0 Å². The topological polar surface area (TPSA) is 52.0 Å². The summed E-state index contributed by atoms with van der Waals surface area (Å²) in [6.07, 6.45) is 5.92. The molecule has 0 bridgehead atoms. The van der Waals surface area contributed by atoms with Crippen LogP contribution in [0.25, 0.3) is 6.08 Å². The lowest BCUT2D eigenvalue weighted by Crippen LogP contribution is -3.08. The predicted octanol–water partition coefficient (Wildman–Crippen LogP) is 2.21. The van der Waals surface area contributed by atoms with Crippen molar-refractivity contribution in [3.63, 3.8) is 0 Å². The van der Waals surface area contributed by atoms with Crippen LogP contribution in [-0.2, 0) is 17.9 Å². The van der Waals surface area contributed by atoms with Crippen molar-refractivity contribution in [2.45, 2.75) is 25.9 Å². The molecule has 0 aromatic heterocycles. The number of ether oxygens (including phenoxy) is 2. The van der Waals surface area contributed by atoms with Crippen molar-refractivity contribution in [2.24, 2.45) is 0 Å². The number of likely N-dealkylation sites (tertiary alicyclic amines) is 1. The van der Waals surface area contributed by atoms with E-state index in [0.717, 1.165) is 17.9 Å². The first-order valence-electron chi connectivity index (χ1n) is 9.78. The Bertz CT molecular complexity index is 826. The molecule has 2 aromatic rings. The standard InChI is InChI=1S/C23H28N2O3/c1-27-21-11-9-18(22(15-21)28-2)10-12-23(26)24-16-19-7-3-4-8-20(19)17-25-13-5-6-14-25/h3-4,7-12,15H,5-6,13-14,16-17H2,1-2H3,(H,24,26)/p+1/b12-10+. The SMILES string of the molecule is COc1ccc(/C=C/C(=O)NCc2ccccc2C[NH+]2CCCC2)c(OC)c1. The molecule has 1 heterocycles. The fourth-order valence-electron chi connectivity index (χ4n) is 3.59. The zero-order valence-electron chi connectivity index (χ0n) is 16.7. The van der Waals surface area contributed by atoms with E-state index in [-0.39, 0.29) is 5.91 Å². The van der Waals surface area contributed by atoms with Crippen LogP contribution in [0.15, 0.2) is 48.5 Å². The molecular formula is C23H29N2O3+. The van der Waals surface area contributed by atoms with Gasteiger partial charge in [-0.1, -0.05) is 24.3 Å². The third kappa shape index (κ3) is 5.36. The number of rotatable bonds is 8. The van der Waals surface area contributed by atoms with Crippen LogP contribution in [0.1, 0.15) is 29.5 Å². The number of methoxy groups -OCH3 is 2. The summed E-state index contributed by atoms with van der Waals surface area (Å²) in [4.78, 5) is 13.9. The van der Waals surface area contributed by atoms with Gasteiger partial charge in [-0.15, -0.1) is 0 Å². The Kier molecular flexibility index (Phi) is 7.09. The molecule has 1 saturated heterocycles. The maximum Gasteiger partial charge on any atom is 0.244 e. The number of nitrogens with one attached hydrogen (secondary N) is 2. The molecule has 148 valence electrons. The van der Waals surface area contributed by atoms with Crippen molar-refractivity contribution in [1.29, 1.82) is 0 Å². The highest BCUT2D eigenvalue weighted by molar-refractivity contribution is 5.92. The summed E-state index contributed by atoms with van der Waals surface area (Å²) in [5, 5.41) is 2.99. The maximum absolute atomic E-state index is 12.3. The first-order chi connectivity index (χ1) is 13.7. The first-order valence-corrected chi connectivity index (χ1v) is 9.78. The molecule has 0 radical (unpaired) electrons. The minimum atomic E-state index is -0.124. The summed E-state index contributed by atoms with van der Waals surface area (Å²) in [5.41, 5.74) is 3.34. The summed E-state index contributed by atoms with van der Waals surface area (Å²) < 4.78 is 10.6. The lowest BCUT2D eigenvalue weighted by molar-refractivity contribution is -0.901. The van der Waals surface area contributed by atoms with Crippen LogP contribution in [0.5, 0.6) is 11.5 Å². The Hall–Kier alpha value is -2.79. The van der Waals surface area contributed by atoms with E-state index in [1.165, 1.54) is 37.1 Å². The number of hydrogen-bond donors (Lipinski definition) is 2. The van der Waals surface area contributed by atoms with E-state index in [1.807, 2.05) is 18.2 Å². The van der Waals surface area contributed by atoms with Gasteiger partial charge in [0, 0.05) is 42.7 Å². The minimum absolute atomic E-state index is 0.124. The van der Waals surface area contributed by atoms with E-state index in [2.05, 4.69) is 23.5 Å². The highest BCUT2D eigenvalue weighted by Gasteiger charge is 2.17. The number of hydrogen-bond acceptors (Lipinski definition) is 3. The van der Waals surface area contributed by atoms with Crippen molar-refractivity contribution in [3.8, 4) is 11.5 Å². The zero-order valence-corrected chi connectivity index (χ0v) is 16.7. The van der Waals surface area contributed by atoms with Gasteiger partial charge in [-0.25, -0.2) is 0 Å². The number of benzene rings is 2. The van der Waals surface area contributed by atoms with Gasteiger partial charge in [0.1, 0.15) is 18.0 Å². The van der Waals surface area contributed by atoms with Gasteiger partial charge in [-0.05, 0) is 23.8 Å². The fraction of sp³-hybridized carbons (Fsp3) is 0.348. The van der Waals surface area contributed by atoms with Crippen LogP contribution in [0.4, 0.5) is 0 Å². The Morgan fingerprint density at radius 2 is 1.82 bits per heavy atom. The number of quaternary nitrogens is 1. The van der Waals surface area contributed by atoms with Crippen LogP contribution in [0, 0.1) is 0 Å². The third-order valence-corrected chi connectivity index (χ3v) is 5.18. The molecule has 2 aromatic carbocycles. The van der Waals surface area contributed by atoms with E-state index in [0.29, 0.717) is 12.3 Å². The molecule has 1 amide bonds. The van der Waals surface area contributed by atoms with Gasteiger partial charge in [-0.3, -0.25) is 4.79 Å². The van der Waals surface area contributed by atoms with E-state index in [4.69, 9.17) is 9.47 Å². The number of carbonyl (C=O) groups is 1. The molecule has 3 rings (SSSR count). The molecule has 28 heavy (non-hydrogen) atoms. The molecule has 0 saturated carbocycles. The third-order valence-electron chi connectivity index (χ3n) is 5.18. The Morgan fingerprint density at radius 3 is 2.54 bits per heavy atom. The highest BCUT2D eigenvalue weighted by atomic mass is 16.5. The van der Waals surface area contributed by atoms with E-state index >= 15 is 0 Å². The molecule has 1 fully saturated rings. The molecule has 5 nitrogen and oxygen atoms in total. The summed E-state index contributed by atoms with van der Waals surface area (Å²) in [7, 11) is 3.21. The van der Waals surface area contributed by atoms with E-state index in [1.54, 1.807) is 37.3 Å². The fourth-order valence-corrected chi connectivity index (χ4v) is 3.59. The molecule has 1 aliphatic rings. The maximum atomic E-state index is 12.3. The quantitative estimate of drug-likeness (QED) is 0.690. The largest absolute Gasteiger partial charge is 0.497 e. The van der Waals surface area contributed by atoms with Gasteiger partial charge >= 0.3 is 0 Å². The van der Waals surface area contributed by atoms with Crippen LogP contribution >= 0.6 is 0 Å². The summed E-state index contributed by atoms with van der Waals surface area (Å²) in [6, 6.07) is 13.9. The van der Waals surface area contributed by atoms with Gasteiger partial charge < -0.3 is 19.7 Å². The molecular weight excluding hydrogens is 352 g/mol. The van der Waals surface area contributed by atoms with Crippen LogP contribution in [0.3, 0.4) is 0 Å². The minimum Gasteiger partial charge on any atom is -0.497 e. The average Bonchev–Trinajstić information content (AvgIpc) is 3.24. The van der Waals surface area contributed by atoms with Gasteiger partial charge in [0.2, 0.25) is 5.91 Å². The molecule has 0 spiro atoms. The van der Waals surface area contributed by atoms with Crippen LogP contribution in [-0.4, -0.2) is 33.2 Å². The van der Waals surface area contributed by atoms with Crippen molar-refractivity contribution >= 4 is 12.0 Å². The Labute approximate surface area is 167 Å². The van der Waals surface area contributed by atoms with Gasteiger partial charge in [0.15, 0.2) is 0 Å². The molecule has 1 aliphatic heterocycles. The second-order valence-corrected chi connectivity index (χ2v) is 7.06. The molecule has 0 aliphatic carbocycles. The Morgan fingerprint density at radius 1 is 1.07 bits per heavy atom. The van der Waals surface area contributed by atoms with Crippen LogP contribution < -0.4 is 19.7 Å². The highest BCUT2D eigenvalue weighted by Crippen LogP contribution is 2.25. The molecule has 5 heteroatoms. The second-order valence-electron chi connectivity index (χ2n) is 7.06. The van der Waals surface area contributed by atoms with Crippen molar-refractivity contribution in [3.05, 3.63) is 65.2 Å². The summed E-state index contributed by atoms with van der Waals surface area (Å²) in [5.74, 6) is 1.26. The molecule has 0 unspecified atom stereocenters. The number of amides is 1. The zero-order chi connectivity index (χ0) is 19.8. The lowest BCUT2D eigenvalue weighted by Gasteiger charge is -2.15. The molecule has 0 atom stereocenters. The van der Waals surface area contributed by atoms with Crippen molar-refractivity contribution in [2.75, 3.05) is 27.3 Å². The van der Waals surface area contributed by atoms with Gasteiger partial charge in [0.25, 0.3) is 0 Å². The van der Waals surface area contributed by atoms with Crippen molar-refractivity contribution < 1.29 is 19.2 Å². The summed E-state index contributed by atoms with van der Waals surface area (Å²) in [6.45, 7) is 4.05. The van der Waals surface area contributed by atoms with Gasteiger partial charge in [0.05, 0.1) is 27.3 Å². The number of carbonyl (C=O) groups excluding carboxylic acids is 1. The normalized spacial score (nSPS) is 14.4. The Balaban J connectivity index is 1.59. The molecule has 2 N–H and O–H groups in total. The predicted molar refractivity (Wildman–Crippen MR) is 111 cm³/mol. The summed E-state index contributed by atoms with van der Waals surface area (Å²) >= 11 is 0. The van der Waals surface area contributed by atoms with E-state index < -0.39 is 0 Å². The average molecular weight is 381 g/mol. The van der Waals surface area contributed by atoms with E-state index in [9.17, 15) is 4.79 Å². The van der Waals surface area contributed by atoms with Crippen molar-refractivity contribution in [1.82, 2.24) is 5.32 Å².